The molecule has 0 unspecified atom stereocenters. The van der Waals surface area contributed by atoms with E-state index in [1.165, 1.54) is 12.1 Å². The summed E-state index contributed by atoms with van der Waals surface area (Å²) in [6.45, 7) is 0. The quantitative estimate of drug-likeness (QED) is 0.760. The Hall–Kier alpha value is -0.990. The molecule has 0 spiro atoms. The maximum atomic E-state index is 10.7. The normalized spacial score (nSPS) is 9.31. The van der Waals surface area contributed by atoms with Gasteiger partial charge < -0.3 is 5.11 Å². The Kier molecular flexibility index (Phi) is 2.96. The van der Waals surface area contributed by atoms with Gasteiger partial charge in [0, 0.05) is 9.37 Å². The molecule has 0 atom stereocenters. The SMILES string of the molecule is N#Cc1cc(Br)cc(C(=O)O)c1S. The minimum absolute atomic E-state index is 0.0225. The lowest BCUT2D eigenvalue weighted by molar-refractivity contribution is 0.0693. The minimum Gasteiger partial charge on any atom is -0.478 e. The largest absolute Gasteiger partial charge is 0.478 e. The van der Waals surface area contributed by atoms with Crippen molar-refractivity contribution in [3.63, 3.8) is 0 Å². The average molecular weight is 258 g/mol. The minimum atomic E-state index is -1.09. The number of halogens is 1. The highest BCUT2D eigenvalue weighted by atomic mass is 79.9. The van der Waals surface area contributed by atoms with Crippen molar-refractivity contribution in [3.8, 4) is 6.07 Å². The third-order valence-corrected chi connectivity index (χ3v) is 2.37. The van der Waals surface area contributed by atoms with E-state index in [-0.39, 0.29) is 16.0 Å². The summed E-state index contributed by atoms with van der Waals surface area (Å²) in [6.07, 6.45) is 0. The molecule has 0 heterocycles. The van der Waals surface area contributed by atoms with Crippen molar-refractivity contribution in [3.05, 3.63) is 27.7 Å². The van der Waals surface area contributed by atoms with Gasteiger partial charge >= 0.3 is 5.97 Å². The van der Waals surface area contributed by atoms with Crippen molar-refractivity contribution < 1.29 is 9.90 Å². The standard InChI is InChI=1S/C8H4BrNO2S/c9-5-1-4(3-10)7(13)6(2-5)8(11)12/h1-2,13H,(H,11,12). The molecule has 0 aliphatic heterocycles. The number of carboxylic acids is 1. The van der Waals surface area contributed by atoms with Gasteiger partial charge in [-0.15, -0.1) is 12.6 Å². The van der Waals surface area contributed by atoms with Gasteiger partial charge in [-0.1, -0.05) is 15.9 Å². The molecule has 1 aromatic rings. The topological polar surface area (TPSA) is 61.1 Å². The van der Waals surface area contributed by atoms with Crippen LogP contribution in [0.3, 0.4) is 0 Å². The van der Waals surface area contributed by atoms with Crippen LogP contribution in [-0.4, -0.2) is 11.1 Å². The molecule has 3 nitrogen and oxygen atoms in total. The molecule has 1 aromatic carbocycles. The molecule has 1 rings (SSSR count). The molecule has 13 heavy (non-hydrogen) atoms. The van der Waals surface area contributed by atoms with E-state index in [1.807, 2.05) is 6.07 Å². The van der Waals surface area contributed by atoms with E-state index < -0.39 is 5.97 Å². The van der Waals surface area contributed by atoms with Crippen LogP contribution in [0.15, 0.2) is 21.5 Å². The first-order valence-corrected chi connectivity index (χ1v) is 4.46. The van der Waals surface area contributed by atoms with Gasteiger partial charge in [-0.3, -0.25) is 0 Å². The number of nitrogens with zero attached hydrogens (tertiary/aromatic N) is 1. The summed E-state index contributed by atoms with van der Waals surface area (Å²) in [5, 5.41) is 17.4. The van der Waals surface area contributed by atoms with E-state index >= 15 is 0 Å². The third kappa shape index (κ3) is 2.02. The van der Waals surface area contributed by atoms with E-state index in [4.69, 9.17) is 10.4 Å². The highest BCUT2D eigenvalue weighted by molar-refractivity contribution is 9.10. The maximum Gasteiger partial charge on any atom is 0.336 e. The molecule has 0 amide bonds. The summed E-state index contributed by atoms with van der Waals surface area (Å²) in [6, 6.07) is 4.79. The first-order chi connectivity index (χ1) is 6.06. The van der Waals surface area contributed by atoms with Crippen LogP contribution in [0.5, 0.6) is 0 Å². The summed E-state index contributed by atoms with van der Waals surface area (Å²) >= 11 is 7.06. The Bertz CT molecular complexity index is 411. The van der Waals surface area contributed by atoms with E-state index in [1.54, 1.807) is 0 Å². The number of carboxylic acid groups (broad SMARTS) is 1. The fourth-order valence-electron chi connectivity index (χ4n) is 0.847. The molecule has 0 aliphatic rings. The zero-order valence-electron chi connectivity index (χ0n) is 6.28. The molecule has 5 heteroatoms. The second kappa shape index (κ2) is 3.81. The fourth-order valence-corrected chi connectivity index (χ4v) is 1.58. The second-order valence-corrected chi connectivity index (χ2v) is 3.63. The van der Waals surface area contributed by atoms with Crippen LogP contribution in [-0.2, 0) is 0 Å². The van der Waals surface area contributed by atoms with Crippen molar-refractivity contribution in [2.45, 2.75) is 4.90 Å². The number of hydrogen-bond donors (Lipinski definition) is 2. The van der Waals surface area contributed by atoms with Gasteiger partial charge in [0.25, 0.3) is 0 Å². The summed E-state index contributed by atoms with van der Waals surface area (Å²) in [5.74, 6) is -1.09. The smallest absolute Gasteiger partial charge is 0.336 e. The van der Waals surface area contributed by atoms with Crippen LogP contribution < -0.4 is 0 Å². The van der Waals surface area contributed by atoms with Crippen molar-refractivity contribution in [2.24, 2.45) is 0 Å². The summed E-state index contributed by atoms with van der Waals surface area (Å²) < 4.78 is 0.555. The fraction of sp³-hybridized carbons (Fsp3) is 0. The molecule has 0 aliphatic carbocycles. The Labute approximate surface area is 88.5 Å². The monoisotopic (exact) mass is 257 g/mol. The number of carbonyl (C=O) groups is 1. The molecule has 66 valence electrons. The first kappa shape index (κ1) is 10.1. The molecule has 0 aromatic heterocycles. The third-order valence-electron chi connectivity index (χ3n) is 1.43. The van der Waals surface area contributed by atoms with Crippen LogP contribution in [0, 0.1) is 11.3 Å². The lowest BCUT2D eigenvalue weighted by Gasteiger charge is -2.02. The van der Waals surface area contributed by atoms with Gasteiger partial charge in [-0.25, -0.2) is 4.79 Å². The molecule has 0 bridgehead atoms. The number of aromatic carboxylic acids is 1. The van der Waals surface area contributed by atoms with Gasteiger partial charge in [0.2, 0.25) is 0 Å². The van der Waals surface area contributed by atoms with Crippen LogP contribution >= 0.6 is 28.6 Å². The predicted molar refractivity (Wildman–Crippen MR) is 53.1 cm³/mol. The van der Waals surface area contributed by atoms with Crippen LogP contribution in [0.25, 0.3) is 0 Å². The number of rotatable bonds is 1. The van der Waals surface area contributed by atoms with Crippen LogP contribution in [0.1, 0.15) is 15.9 Å². The van der Waals surface area contributed by atoms with E-state index in [2.05, 4.69) is 28.6 Å². The number of hydrogen-bond acceptors (Lipinski definition) is 3. The van der Waals surface area contributed by atoms with Gasteiger partial charge in [0.15, 0.2) is 0 Å². The Morgan fingerprint density at radius 1 is 1.62 bits per heavy atom. The van der Waals surface area contributed by atoms with Crippen LogP contribution in [0.4, 0.5) is 0 Å². The van der Waals surface area contributed by atoms with Gasteiger partial charge in [0.05, 0.1) is 11.1 Å². The average Bonchev–Trinajstić information content (AvgIpc) is 2.08. The van der Waals surface area contributed by atoms with Crippen molar-refractivity contribution in [1.29, 1.82) is 5.26 Å². The number of benzene rings is 1. The zero-order valence-corrected chi connectivity index (χ0v) is 8.76. The molecule has 0 fully saturated rings. The predicted octanol–water partition coefficient (Wildman–Crippen LogP) is 2.31. The summed E-state index contributed by atoms with van der Waals surface area (Å²) in [5.41, 5.74) is 0.268. The van der Waals surface area contributed by atoms with Crippen molar-refractivity contribution in [1.82, 2.24) is 0 Å². The van der Waals surface area contributed by atoms with Gasteiger partial charge in [0.1, 0.15) is 6.07 Å². The van der Waals surface area contributed by atoms with Crippen molar-refractivity contribution in [2.75, 3.05) is 0 Å². The van der Waals surface area contributed by atoms with Crippen molar-refractivity contribution >= 4 is 34.5 Å². The molecule has 0 radical (unpaired) electrons. The van der Waals surface area contributed by atoms with E-state index in [0.29, 0.717) is 4.47 Å². The van der Waals surface area contributed by atoms with Gasteiger partial charge in [-0.2, -0.15) is 5.26 Å². The maximum absolute atomic E-state index is 10.7. The lowest BCUT2D eigenvalue weighted by atomic mass is 10.1. The summed E-state index contributed by atoms with van der Waals surface area (Å²) in [4.78, 5) is 10.9. The first-order valence-electron chi connectivity index (χ1n) is 3.22. The molecule has 0 saturated carbocycles. The Morgan fingerprint density at radius 3 is 2.69 bits per heavy atom. The zero-order chi connectivity index (χ0) is 10.0. The molecule has 1 N–H and O–H groups in total. The molecular weight excluding hydrogens is 254 g/mol. The molecular formula is C8H4BrNO2S. The summed E-state index contributed by atoms with van der Waals surface area (Å²) in [7, 11) is 0. The second-order valence-electron chi connectivity index (χ2n) is 2.27. The highest BCUT2D eigenvalue weighted by Gasteiger charge is 2.12. The van der Waals surface area contributed by atoms with E-state index in [0.717, 1.165) is 0 Å². The van der Waals surface area contributed by atoms with E-state index in [9.17, 15) is 4.79 Å². The van der Waals surface area contributed by atoms with Crippen LogP contribution in [0.2, 0.25) is 0 Å². The number of thiol groups is 1. The van der Waals surface area contributed by atoms with Gasteiger partial charge in [-0.05, 0) is 12.1 Å². The Balaban J connectivity index is 3.47. The highest BCUT2D eigenvalue weighted by Crippen LogP contribution is 2.24. The lowest BCUT2D eigenvalue weighted by Crippen LogP contribution is -1.99. The molecule has 0 saturated heterocycles. The Morgan fingerprint density at radius 2 is 2.23 bits per heavy atom. The number of nitriles is 1.